The molecule has 0 amide bonds. The third kappa shape index (κ3) is 2.01. The molecule has 2 aliphatic rings. The van der Waals surface area contributed by atoms with Crippen LogP contribution in [-0.2, 0) is 0 Å². The van der Waals surface area contributed by atoms with E-state index in [0.29, 0.717) is 6.04 Å². The van der Waals surface area contributed by atoms with E-state index in [0.717, 1.165) is 22.1 Å². The summed E-state index contributed by atoms with van der Waals surface area (Å²) in [5.41, 5.74) is 2.28. The van der Waals surface area contributed by atoms with Gasteiger partial charge in [0.05, 0.1) is 11.7 Å². The van der Waals surface area contributed by atoms with Gasteiger partial charge in [0, 0.05) is 22.9 Å². The summed E-state index contributed by atoms with van der Waals surface area (Å²) in [5.74, 6) is 0.885. The van der Waals surface area contributed by atoms with Crippen LogP contribution in [0.5, 0.6) is 0 Å². The van der Waals surface area contributed by atoms with Crippen molar-refractivity contribution in [3.8, 4) is 0 Å². The predicted octanol–water partition coefficient (Wildman–Crippen LogP) is 4.03. The number of rotatable bonds is 1. The molecule has 2 aromatic heterocycles. The maximum absolute atomic E-state index is 4.84. The van der Waals surface area contributed by atoms with Crippen molar-refractivity contribution in [2.75, 3.05) is 7.05 Å². The van der Waals surface area contributed by atoms with Gasteiger partial charge >= 0.3 is 0 Å². The molecule has 2 aromatic rings. The molecule has 3 atom stereocenters. The zero-order chi connectivity index (χ0) is 13.7. The lowest BCUT2D eigenvalue weighted by atomic mass is 9.84. The van der Waals surface area contributed by atoms with Crippen LogP contribution in [0.25, 0.3) is 5.65 Å². The SMILES string of the molecule is CN1C2CCCCC2C[C@@H]1c1cn2cc(Br)ccc2n1. The third-order valence-electron chi connectivity index (χ3n) is 5.18. The summed E-state index contributed by atoms with van der Waals surface area (Å²) >= 11 is 3.53. The van der Waals surface area contributed by atoms with Crippen molar-refractivity contribution in [1.29, 1.82) is 0 Å². The third-order valence-corrected chi connectivity index (χ3v) is 5.65. The average Bonchev–Trinajstić information content (AvgIpc) is 3.00. The van der Waals surface area contributed by atoms with Crippen molar-refractivity contribution in [1.82, 2.24) is 14.3 Å². The van der Waals surface area contributed by atoms with Crippen LogP contribution in [0.2, 0.25) is 0 Å². The summed E-state index contributed by atoms with van der Waals surface area (Å²) in [6.45, 7) is 0. The molecule has 4 heteroatoms. The maximum atomic E-state index is 4.84. The Kier molecular flexibility index (Phi) is 3.11. The smallest absolute Gasteiger partial charge is 0.137 e. The van der Waals surface area contributed by atoms with E-state index < -0.39 is 0 Å². The molecule has 0 bridgehead atoms. The minimum Gasteiger partial charge on any atom is -0.306 e. The van der Waals surface area contributed by atoms with Gasteiger partial charge in [0.15, 0.2) is 0 Å². The normalized spacial score (nSPS) is 30.8. The van der Waals surface area contributed by atoms with E-state index in [1.807, 2.05) is 0 Å². The molecule has 0 spiro atoms. The van der Waals surface area contributed by atoms with Crippen LogP contribution in [0.15, 0.2) is 29.0 Å². The summed E-state index contributed by atoms with van der Waals surface area (Å²) in [7, 11) is 2.29. The number of hydrogen-bond donors (Lipinski definition) is 0. The molecule has 1 saturated heterocycles. The van der Waals surface area contributed by atoms with Gasteiger partial charge in [-0.15, -0.1) is 0 Å². The highest BCUT2D eigenvalue weighted by molar-refractivity contribution is 9.10. The van der Waals surface area contributed by atoms with E-state index in [-0.39, 0.29) is 0 Å². The monoisotopic (exact) mass is 333 g/mol. The summed E-state index contributed by atoms with van der Waals surface area (Å²) < 4.78 is 3.23. The lowest BCUT2D eigenvalue weighted by Crippen LogP contribution is -2.32. The van der Waals surface area contributed by atoms with Gasteiger partial charge in [-0.1, -0.05) is 12.8 Å². The molecular weight excluding hydrogens is 314 g/mol. The molecule has 3 nitrogen and oxygen atoms in total. The van der Waals surface area contributed by atoms with E-state index in [2.05, 4.69) is 56.8 Å². The highest BCUT2D eigenvalue weighted by Gasteiger charge is 2.41. The van der Waals surface area contributed by atoms with E-state index in [9.17, 15) is 0 Å². The molecule has 4 rings (SSSR count). The van der Waals surface area contributed by atoms with Gasteiger partial charge < -0.3 is 4.40 Å². The minimum atomic E-state index is 0.502. The highest BCUT2D eigenvalue weighted by atomic mass is 79.9. The van der Waals surface area contributed by atoms with Crippen LogP contribution >= 0.6 is 15.9 Å². The molecule has 1 aliphatic carbocycles. The van der Waals surface area contributed by atoms with E-state index in [1.165, 1.54) is 37.8 Å². The second-order valence-corrected chi connectivity index (χ2v) is 7.22. The van der Waals surface area contributed by atoms with Crippen LogP contribution in [0.4, 0.5) is 0 Å². The van der Waals surface area contributed by atoms with Crippen LogP contribution in [0, 0.1) is 5.92 Å². The first-order valence-electron chi connectivity index (χ1n) is 7.58. The number of aromatic nitrogens is 2. The van der Waals surface area contributed by atoms with Gasteiger partial charge in [0.1, 0.15) is 5.65 Å². The van der Waals surface area contributed by atoms with Gasteiger partial charge in [-0.3, -0.25) is 4.90 Å². The molecule has 106 valence electrons. The van der Waals surface area contributed by atoms with Crippen LogP contribution < -0.4 is 0 Å². The van der Waals surface area contributed by atoms with Crippen molar-refractivity contribution in [2.24, 2.45) is 5.92 Å². The first-order valence-corrected chi connectivity index (χ1v) is 8.38. The quantitative estimate of drug-likeness (QED) is 0.785. The van der Waals surface area contributed by atoms with Crippen LogP contribution in [0.1, 0.15) is 43.8 Å². The first kappa shape index (κ1) is 12.8. The van der Waals surface area contributed by atoms with Gasteiger partial charge in [0.2, 0.25) is 0 Å². The van der Waals surface area contributed by atoms with Gasteiger partial charge in [-0.2, -0.15) is 0 Å². The number of pyridine rings is 1. The van der Waals surface area contributed by atoms with Crippen molar-refractivity contribution < 1.29 is 0 Å². The van der Waals surface area contributed by atoms with E-state index in [4.69, 9.17) is 4.98 Å². The Bertz CT molecular complexity index is 636. The Morgan fingerprint density at radius 2 is 2.05 bits per heavy atom. The molecule has 3 heterocycles. The minimum absolute atomic E-state index is 0.502. The number of imidazole rings is 1. The van der Waals surface area contributed by atoms with Crippen molar-refractivity contribution in [2.45, 2.75) is 44.2 Å². The van der Waals surface area contributed by atoms with Crippen molar-refractivity contribution in [3.63, 3.8) is 0 Å². The number of hydrogen-bond acceptors (Lipinski definition) is 2. The summed E-state index contributed by atoms with van der Waals surface area (Å²) in [5, 5.41) is 0. The fourth-order valence-electron chi connectivity index (χ4n) is 4.16. The summed E-state index contributed by atoms with van der Waals surface area (Å²) in [6.07, 6.45) is 11.2. The van der Waals surface area contributed by atoms with Gasteiger partial charge in [0.25, 0.3) is 0 Å². The molecule has 2 unspecified atom stereocenters. The van der Waals surface area contributed by atoms with Crippen molar-refractivity contribution in [3.05, 3.63) is 34.7 Å². The predicted molar refractivity (Wildman–Crippen MR) is 83.8 cm³/mol. The topological polar surface area (TPSA) is 20.5 Å². The molecule has 2 fully saturated rings. The fraction of sp³-hybridized carbons (Fsp3) is 0.562. The second-order valence-electron chi connectivity index (χ2n) is 6.31. The fourth-order valence-corrected chi connectivity index (χ4v) is 4.51. The zero-order valence-corrected chi connectivity index (χ0v) is 13.4. The first-order chi connectivity index (χ1) is 9.72. The molecular formula is C16H20BrN3. The summed E-state index contributed by atoms with van der Waals surface area (Å²) in [6, 6.07) is 5.42. The molecule has 1 aliphatic heterocycles. The van der Waals surface area contributed by atoms with Crippen molar-refractivity contribution >= 4 is 21.6 Å². The van der Waals surface area contributed by atoms with E-state index in [1.54, 1.807) is 0 Å². The lowest BCUT2D eigenvalue weighted by molar-refractivity contribution is 0.186. The largest absolute Gasteiger partial charge is 0.306 e. The lowest BCUT2D eigenvalue weighted by Gasteiger charge is -2.30. The highest BCUT2D eigenvalue weighted by Crippen LogP contribution is 2.44. The number of halogens is 1. The number of nitrogens with zero attached hydrogens (tertiary/aromatic N) is 3. The standard InChI is InChI=1S/C16H20BrN3/c1-19-14-5-3-2-4-11(14)8-15(19)13-10-20-9-12(17)6-7-16(20)18-13/h6-7,9-11,14-15H,2-5,8H2,1H3/t11?,14?,15-/m1/s1. The second kappa shape index (κ2) is 4.85. The number of fused-ring (bicyclic) bond motifs is 2. The molecule has 0 N–H and O–H groups in total. The Hall–Kier alpha value is -0.870. The molecule has 20 heavy (non-hydrogen) atoms. The van der Waals surface area contributed by atoms with Crippen LogP contribution in [0.3, 0.4) is 0 Å². The maximum Gasteiger partial charge on any atom is 0.137 e. The Morgan fingerprint density at radius 1 is 1.20 bits per heavy atom. The molecule has 0 aromatic carbocycles. The van der Waals surface area contributed by atoms with Gasteiger partial charge in [-0.25, -0.2) is 4.98 Å². The Balaban J connectivity index is 1.68. The summed E-state index contributed by atoms with van der Waals surface area (Å²) in [4.78, 5) is 7.43. The van der Waals surface area contributed by atoms with E-state index >= 15 is 0 Å². The van der Waals surface area contributed by atoms with Crippen LogP contribution in [-0.4, -0.2) is 27.4 Å². The molecule has 1 saturated carbocycles. The molecule has 0 radical (unpaired) electrons. The van der Waals surface area contributed by atoms with Gasteiger partial charge in [-0.05, 0) is 60.3 Å². The average molecular weight is 334 g/mol. The number of likely N-dealkylation sites (tertiary alicyclic amines) is 1. The Morgan fingerprint density at radius 3 is 2.90 bits per heavy atom. The zero-order valence-electron chi connectivity index (χ0n) is 11.8. The Labute approximate surface area is 128 Å².